The van der Waals surface area contributed by atoms with Crippen molar-refractivity contribution in [2.75, 3.05) is 0 Å². The molecule has 0 aromatic rings. The standard InChI is InChI=1S/C24H49ClO3Si2/c1-15-20(27-30(17(4)5,18(6)7)19(8)9)21(25)22(26)23(16(2)3)28-29(13,14)24(10,11)12/h15,17-23,26H,1-2H2,3-14H3/t20-,21+,22-,23+/m0/s1. The highest BCUT2D eigenvalue weighted by Gasteiger charge is 2.49. The van der Waals surface area contributed by atoms with Gasteiger partial charge in [0.1, 0.15) is 6.10 Å². The van der Waals surface area contributed by atoms with E-state index in [9.17, 15) is 5.11 Å². The molecule has 4 atom stereocenters. The minimum absolute atomic E-state index is 0.0194. The van der Waals surface area contributed by atoms with E-state index < -0.39 is 40.3 Å². The summed E-state index contributed by atoms with van der Waals surface area (Å²) in [5, 5.41) is 10.6. The molecule has 0 bridgehead atoms. The van der Waals surface area contributed by atoms with Crippen LogP contribution in [0.5, 0.6) is 0 Å². The van der Waals surface area contributed by atoms with Crippen LogP contribution in [0.15, 0.2) is 24.8 Å². The molecule has 0 aromatic carbocycles. The van der Waals surface area contributed by atoms with Gasteiger partial charge in [0.05, 0.1) is 17.6 Å². The Morgan fingerprint density at radius 1 is 0.967 bits per heavy atom. The van der Waals surface area contributed by atoms with Crippen LogP contribution in [0.1, 0.15) is 69.2 Å². The smallest absolute Gasteiger partial charge is 0.201 e. The predicted octanol–water partition coefficient (Wildman–Crippen LogP) is 7.67. The average molecular weight is 477 g/mol. The highest BCUT2D eigenvalue weighted by Crippen LogP contribution is 2.44. The van der Waals surface area contributed by atoms with Crippen LogP contribution in [0.25, 0.3) is 0 Å². The Bertz CT molecular complexity index is 546. The van der Waals surface area contributed by atoms with E-state index in [1.165, 1.54) is 0 Å². The van der Waals surface area contributed by atoms with Crippen LogP contribution in [-0.2, 0) is 8.85 Å². The molecule has 0 saturated heterocycles. The monoisotopic (exact) mass is 476 g/mol. The Balaban J connectivity index is 5.92. The fraction of sp³-hybridized carbons (Fsp3) is 0.833. The van der Waals surface area contributed by atoms with Crippen molar-refractivity contribution in [2.45, 2.75) is 128 Å². The van der Waals surface area contributed by atoms with Crippen LogP contribution in [0.2, 0.25) is 34.8 Å². The first-order chi connectivity index (χ1) is 13.4. The van der Waals surface area contributed by atoms with E-state index in [1.807, 2.05) is 6.92 Å². The second kappa shape index (κ2) is 11.3. The van der Waals surface area contributed by atoms with Gasteiger partial charge in [-0.05, 0) is 41.7 Å². The molecule has 0 amide bonds. The first kappa shape index (κ1) is 30.1. The van der Waals surface area contributed by atoms with Gasteiger partial charge in [0.25, 0.3) is 0 Å². The molecule has 0 spiro atoms. The van der Waals surface area contributed by atoms with E-state index in [-0.39, 0.29) is 5.04 Å². The lowest BCUT2D eigenvalue weighted by molar-refractivity contribution is 0.0255. The summed E-state index contributed by atoms with van der Waals surface area (Å²) in [4.78, 5) is 0. The Hall–Kier alpha value is 0.0838. The highest BCUT2D eigenvalue weighted by atomic mass is 35.5. The molecule has 0 unspecified atom stereocenters. The van der Waals surface area contributed by atoms with E-state index in [1.54, 1.807) is 6.08 Å². The molecule has 0 aliphatic heterocycles. The minimum atomic E-state index is -2.18. The molecule has 0 heterocycles. The summed E-state index contributed by atoms with van der Waals surface area (Å²) in [6.45, 7) is 34.3. The van der Waals surface area contributed by atoms with Gasteiger partial charge in [-0.1, -0.05) is 80.5 Å². The van der Waals surface area contributed by atoms with Gasteiger partial charge in [0, 0.05) is 0 Å². The lowest BCUT2D eigenvalue weighted by Gasteiger charge is -2.46. The number of hydrogen-bond acceptors (Lipinski definition) is 3. The van der Waals surface area contributed by atoms with Gasteiger partial charge in [0.2, 0.25) is 8.32 Å². The lowest BCUT2D eigenvalue weighted by Crippen LogP contribution is -2.55. The van der Waals surface area contributed by atoms with Crippen molar-refractivity contribution < 1.29 is 14.0 Å². The fourth-order valence-electron chi connectivity index (χ4n) is 4.20. The lowest BCUT2D eigenvalue weighted by atomic mass is 10.0. The zero-order valence-corrected chi connectivity index (χ0v) is 24.4. The molecule has 178 valence electrons. The van der Waals surface area contributed by atoms with Crippen LogP contribution in [0, 0.1) is 0 Å². The summed E-state index contributed by atoms with van der Waals surface area (Å²) < 4.78 is 13.4. The molecule has 0 aliphatic carbocycles. The normalized spacial score (nSPS) is 17.9. The Morgan fingerprint density at radius 3 is 1.63 bits per heavy atom. The van der Waals surface area contributed by atoms with Crippen molar-refractivity contribution in [3.05, 3.63) is 24.8 Å². The van der Waals surface area contributed by atoms with Crippen molar-refractivity contribution in [1.82, 2.24) is 0 Å². The molecule has 0 rings (SSSR count). The third-order valence-electron chi connectivity index (χ3n) is 6.94. The maximum absolute atomic E-state index is 11.3. The Morgan fingerprint density at radius 2 is 1.37 bits per heavy atom. The molecule has 3 nitrogen and oxygen atoms in total. The topological polar surface area (TPSA) is 38.7 Å². The summed E-state index contributed by atoms with van der Waals surface area (Å²) in [6.07, 6.45) is -0.171. The van der Waals surface area contributed by atoms with E-state index in [2.05, 4.69) is 88.6 Å². The largest absolute Gasteiger partial charge is 0.408 e. The Kier molecular flexibility index (Phi) is 11.3. The van der Waals surface area contributed by atoms with Crippen LogP contribution in [-0.4, -0.2) is 45.4 Å². The Labute approximate surface area is 194 Å². The predicted molar refractivity (Wildman–Crippen MR) is 139 cm³/mol. The number of hydrogen-bond donors (Lipinski definition) is 1. The fourth-order valence-corrected chi connectivity index (χ4v) is 11.4. The first-order valence-corrected chi connectivity index (χ1v) is 16.8. The first-order valence-electron chi connectivity index (χ1n) is 11.3. The number of halogens is 1. The number of alkyl halides is 1. The van der Waals surface area contributed by atoms with Gasteiger partial charge < -0.3 is 14.0 Å². The summed E-state index contributed by atoms with van der Waals surface area (Å²) in [5.74, 6) is 0. The van der Waals surface area contributed by atoms with Crippen LogP contribution < -0.4 is 0 Å². The molecule has 30 heavy (non-hydrogen) atoms. The maximum Gasteiger partial charge on any atom is 0.201 e. The number of aliphatic hydroxyl groups is 1. The summed E-state index contributed by atoms with van der Waals surface area (Å²) in [5.41, 5.74) is 2.03. The quantitative estimate of drug-likeness (QED) is 0.178. The van der Waals surface area contributed by atoms with E-state index in [0.29, 0.717) is 16.6 Å². The van der Waals surface area contributed by atoms with Crippen molar-refractivity contribution in [2.24, 2.45) is 0 Å². The maximum atomic E-state index is 11.3. The second-order valence-corrected chi connectivity index (χ2v) is 21.9. The molecular formula is C24H49ClO3Si2. The summed E-state index contributed by atoms with van der Waals surface area (Å²) >= 11 is 6.87. The molecule has 0 saturated carbocycles. The van der Waals surface area contributed by atoms with E-state index in [4.69, 9.17) is 20.5 Å². The van der Waals surface area contributed by atoms with Gasteiger partial charge in [-0.3, -0.25) is 0 Å². The molecule has 0 fully saturated rings. The van der Waals surface area contributed by atoms with Crippen molar-refractivity contribution in [3.63, 3.8) is 0 Å². The SMILES string of the molecule is C=C[C@H](O[Si](C(C)C)(C(C)C)C(C)C)[C@@H](Cl)[C@H](O)[C@H](O[Si](C)(C)C(C)(C)C)C(=C)C. The molecule has 0 aromatic heterocycles. The highest BCUT2D eigenvalue weighted by molar-refractivity contribution is 6.77. The average Bonchev–Trinajstić information content (AvgIpc) is 2.57. The molecule has 6 heteroatoms. The summed E-state index contributed by atoms with van der Waals surface area (Å²) in [6, 6.07) is 0. The van der Waals surface area contributed by atoms with Gasteiger partial charge in [-0.25, -0.2) is 0 Å². The molecule has 0 aliphatic rings. The van der Waals surface area contributed by atoms with E-state index in [0.717, 1.165) is 5.57 Å². The van der Waals surface area contributed by atoms with Gasteiger partial charge >= 0.3 is 0 Å². The van der Waals surface area contributed by atoms with Crippen LogP contribution >= 0.6 is 11.6 Å². The third-order valence-corrected chi connectivity index (χ3v) is 18.0. The van der Waals surface area contributed by atoms with Crippen molar-refractivity contribution >= 4 is 28.2 Å². The van der Waals surface area contributed by atoms with Gasteiger partial charge in [0.15, 0.2) is 8.32 Å². The van der Waals surface area contributed by atoms with Gasteiger partial charge in [-0.2, -0.15) is 0 Å². The van der Waals surface area contributed by atoms with Crippen LogP contribution in [0.4, 0.5) is 0 Å². The molecule has 1 N–H and O–H groups in total. The van der Waals surface area contributed by atoms with Crippen LogP contribution in [0.3, 0.4) is 0 Å². The van der Waals surface area contributed by atoms with Crippen molar-refractivity contribution in [3.8, 4) is 0 Å². The number of rotatable bonds is 12. The third kappa shape index (κ3) is 6.79. The zero-order chi connectivity index (χ0) is 24.2. The molecule has 0 radical (unpaired) electrons. The van der Waals surface area contributed by atoms with Gasteiger partial charge in [-0.15, -0.1) is 18.2 Å². The number of aliphatic hydroxyl groups excluding tert-OH is 1. The minimum Gasteiger partial charge on any atom is -0.408 e. The van der Waals surface area contributed by atoms with E-state index >= 15 is 0 Å². The zero-order valence-electron chi connectivity index (χ0n) is 21.7. The summed E-state index contributed by atoms with van der Waals surface area (Å²) in [7, 11) is -4.30. The molecular weight excluding hydrogens is 428 g/mol. The second-order valence-electron chi connectivity index (χ2n) is 11.2. The van der Waals surface area contributed by atoms with Crippen molar-refractivity contribution in [1.29, 1.82) is 0 Å².